The van der Waals surface area contributed by atoms with Crippen LogP contribution in [0.5, 0.6) is 11.5 Å². The van der Waals surface area contributed by atoms with E-state index in [4.69, 9.17) is 9.47 Å². The van der Waals surface area contributed by atoms with Crippen molar-refractivity contribution in [1.82, 2.24) is 4.90 Å². The number of nitrogens with one attached hydrogen (secondary N) is 1. The fraction of sp³-hybridized carbons (Fsp3) is 0.381. The molecule has 0 saturated carbocycles. The summed E-state index contributed by atoms with van der Waals surface area (Å²) >= 11 is 0. The Kier molecular flexibility index (Phi) is 6.19. The smallest absolute Gasteiger partial charge is 0.256 e. The van der Waals surface area contributed by atoms with Crippen LogP contribution in [0.25, 0.3) is 0 Å². The largest absolute Gasteiger partial charge is 0.493 e. The number of ether oxygens (including phenoxy) is 2. The van der Waals surface area contributed by atoms with Gasteiger partial charge in [0, 0.05) is 19.7 Å². The van der Waals surface area contributed by atoms with Gasteiger partial charge in [0.2, 0.25) is 0 Å². The monoisotopic (exact) mass is 370 g/mol. The van der Waals surface area contributed by atoms with Crippen molar-refractivity contribution in [3.63, 3.8) is 0 Å². The Morgan fingerprint density at radius 3 is 2.70 bits per heavy atom. The second-order valence-electron chi connectivity index (χ2n) is 6.55. The molecule has 0 radical (unpaired) electrons. The molecule has 0 aromatic heterocycles. The molecule has 0 aliphatic carbocycles. The van der Waals surface area contributed by atoms with Crippen LogP contribution in [0.2, 0.25) is 0 Å². The normalized spacial score (nSPS) is 16.3. The van der Waals surface area contributed by atoms with E-state index < -0.39 is 0 Å². The molecule has 0 bridgehead atoms. The van der Waals surface area contributed by atoms with Crippen LogP contribution < -0.4 is 14.8 Å². The Labute approximate surface area is 159 Å². The zero-order valence-electron chi connectivity index (χ0n) is 15.8. The minimum Gasteiger partial charge on any atom is -0.493 e. The molecular weight excluding hydrogens is 344 g/mol. The summed E-state index contributed by atoms with van der Waals surface area (Å²) in [6.45, 7) is 1.05. The Morgan fingerprint density at radius 1 is 1.26 bits per heavy atom. The highest BCUT2D eigenvalue weighted by molar-refractivity contribution is 6.01. The Hall–Kier alpha value is -2.73. The number of carbonyl (C=O) groups excluding carboxylic acids is 1. The highest BCUT2D eigenvalue weighted by Crippen LogP contribution is 2.35. The van der Waals surface area contributed by atoms with E-state index in [1.54, 1.807) is 31.2 Å². The number of aliphatic hydroxyl groups is 1. The van der Waals surface area contributed by atoms with E-state index in [-0.39, 0.29) is 18.6 Å². The summed E-state index contributed by atoms with van der Waals surface area (Å²) in [5.74, 6) is 0.971. The van der Waals surface area contributed by atoms with Gasteiger partial charge in [-0.3, -0.25) is 4.79 Å². The van der Waals surface area contributed by atoms with Crippen LogP contribution in [-0.4, -0.2) is 49.3 Å². The lowest BCUT2D eigenvalue weighted by atomic mass is 10.1. The van der Waals surface area contributed by atoms with E-state index >= 15 is 0 Å². The predicted molar refractivity (Wildman–Crippen MR) is 104 cm³/mol. The zero-order valence-corrected chi connectivity index (χ0v) is 15.8. The molecule has 1 saturated heterocycles. The highest BCUT2D eigenvalue weighted by Gasteiger charge is 2.30. The lowest BCUT2D eigenvalue weighted by molar-refractivity contribution is 0.0678. The van der Waals surface area contributed by atoms with Gasteiger partial charge < -0.3 is 24.8 Å². The van der Waals surface area contributed by atoms with Crippen molar-refractivity contribution in [2.75, 3.05) is 32.6 Å². The molecule has 2 aromatic rings. The molecular formula is C21H26N2O4. The van der Waals surface area contributed by atoms with E-state index in [9.17, 15) is 9.90 Å². The molecule has 2 N–H and O–H groups in total. The summed E-state index contributed by atoms with van der Waals surface area (Å²) in [5, 5.41) is 12.6. The van der Waals surface area contributed by atoms with E-state index in [0.717, 1.165) is 18.4 Å². The molecule has 6 heteroatoms. The van der Waals surface area contributed by atoms with Crippen LogP contribution in [0, 0.1) is 0 Å². The third-order valence-corrected chi connectivity index (χ3v) is 4.89. The molecule has 3 rings (SSSR count). The van der Waals surface area contributed by atoms with Gasteiger partial charge in [-0.1, -0.05) is 30.3 Å². The maximum atomic E-state index is 13.0. The average molecular weight is 370 g/mol. The summed E-state index contributed by atoms with van der Waals surface area (Å²) in [5.41, 5.74) is 2.24. The molecule has 0 spiro atoms. The van der Waals surface area contributed by atoms with Gasteiger partial charge in [-0.25, -0.2) is 0 Å². The number of likely N-dealkylation sites (tertiary alicyclic amines) is 1. The van der Waals surface area contributed by atoms with E-state index in [0.29, 0.717) is 35.9 Å². The van der Waals surface area contributed by atoms with E-state index in [2.05, 4.69) is 5.32 Å². The first kappa shape index (κ1) is 19.0. The summed E-state index contributed by atoms with van der Waals surface area (Å²) in [7, 11) is 3.33. The van der Waals surface area contributed by atoms with Crippen molar-refractivity contribution in [3.05, 3.63) is 53.6 Å². The first-order valence-electron chi connectivity index (χ1n) is 9.16. The zero-order chi connectivity index (χ0) is 19.2. The standard InChI is InChI=1S/C21H26N2O4/c1-22-18-12-20(27-14-15-7-4-3-5-8-15)19(26-2)11-17(18)21(25)23-10-6-9-16(23)13-24/h3-5,7-8,11-12,16,22,24H,6,9-10,13-14H2,1-2H3/t16-/m0/s1. The lowest BCUT2D eigenvalue weighted by Crippen LogP contribution is -2.37. The van der Waals surface area contributed by atoms with Gasteiger partial charge >= 0.3 is 0 Å². The number of aliphatic hydroxyl groups excluding tert-OH is 1. The molecule has 27 heavy (non-hydrogen) atoms. The van der Waals surface area contributed by atoms with Gasteiger partial charge in [-0.2, -0.15) is 0 Å². The molecule has 1 aliphatic rings. The molecule has 1 heterocycles. The summed E-state index contributed by atoms with van der Waals surface area (Å²) in [4.78, 5) is 14.8. The molecule has 144 valence electrons. The first-order valence-corrected chi connectivity index (χ1v) is 9.16. The fourth-order valence-electron chi connectivity index (χ4n) is 3.40. The van der Waals surface area contributed by atoms with Crippen molar-refractivity contribution in [3.8, 4) is 11.5 Å². The molecule has 1 atom stereocenters. The van der Waals surface area contributed by atoms with Crippen LogP contribution in [0.1, 0.15) is 28.8 Å². The van der Waals surface area contributed by atoms with Crippen LogP contribution in [0.4, 0.5) is 5.69 Å². The van der Waals surface area contributed by atoms with Crippen molar-refractivity contribution in [1.29, 1.82) is 0 Å². The molecule has 6 nitrogen and oxygen atoms in total. The fourth-order valence-corrected chi connectivity index (χ4v) is 3.40. The van der Waals surface area contributed by atoms with Gasteiger partial charge in [0.1, 0.15) is 6.61 Å². The van der Waals surface area contributed by atoms with Gasteiger partial charge in [0.05, 0.1) is 31.0 Å². The van der Waals surface area contributed by atoms with Gasteiger partial charge in [-0.15, -0.1) is 0 Å². The van der Waals surface area contributed by atoms with Crippen molar-refractivity contribution >= 4 is 11.6 Å². The molecule has 1 fully saturated rings. The van der Waals surface area contributed by atoms with Gasteiger partial charge in [-0.05, 0) is 24.5 Å². The number of nitrogens with zero attached hydrogens (tertiary/aromatic N) is 1. The second-order valence-corrected chi connectivity index (χ2v) is 6.55. The highest BCUT2D eigenvalue weighted by atomic mass is 16.5. The SMILES string of the molecule is CNc1cc(OCc2ccccc2)c(OC)cc1C(=O)N1CCC[C@H]1CO. The molecule has 1 amide bonds. The van der Waals surface area contributed by atoms with Crippen molar-refractivity contribution < 1.29 is 19.4 Å². The number of amides is 1. The Bertz CT molecular complexity index is 779. The number of hydrogen-bond acceptors (Lipinski definition) is 5. The number of hydrogen-bond donors (Lipinski definition) is 2. The minimum absolute atomic E-state index is 0.0178. The molecule has 2 aromatic carbocycles. The van der Waals surface area contributed by atoms with Crippen molar-refractivity contribution in [2.45, 2.75) is 25.5 Å². The number of rotatable bonds is 7. The number of anilines is 1. The van der Waals surface area contributed by atoms with Crippen LogP contribution in [0.3, 0.4) is 0 Å². The predicted octanol–water partition coefficient (Wildman–Crippen LogP) is 2.91. The van der Waals surface area contributed by atoms with E-state index in [1.807, 2.05) is 30.3 Å². The summed E-state index contributed by atoms with van der Waals surface area (Å²) in [6, 6.07) is 13.2. The molecule has 1 aliphatic heterocycles. The van der Waals surface area contributed by atoms with Gasteiger partial charge in [0.15, 0.2) is 11.5 Å². The maximum Gasteiger partial charge on any atom is 0.256 e. The van der Waals surface area contributed by atoms with Crippen molar-refractivity contribution in [2.24, 2.45) is 0 Å². The average Bonchev–Trinajstić information content (AvgIpc) is 3.20. The first-order chi connectivity index (χ1) is 13.2. The number of benzene rings is 2. The van der Waals surface area contributed by atoms with Crippen LogP contribution in [-0.2, 0) is 6.61 Å². The summed E-state index contributed by atoms with van der Waals surface area (Å²) in [6.07, 6.45) is 1.73. The summed E-state index contributed by atoms with van der Waals surface area (Å²) < 4.78 is 11.4. The second kappa shape index (κ2) is 8.77. The Balaban J connectivity index is 1.86. The topological polar surface area (TPSA) is 71.0 Å². The third kappa shape index (κ3) is 4.17. The molecule has 0 unspecified atom stereocenters. The van der Waals surface area contributed by atoms with Crippen LogP contribution >= 0.6 is 0 Å². The Morgan fingerprint density at radius 2 is 2.04 bits per heavy atom. The third-order valence-electron chi connectivity index (χ3n) is 4.89. The quantitative estimate of drug-likeness (QED) is 0.784. The lowest BCUT2D eigenvalue weighted by Gasteiger charge is -2.25. The van der Waals surface area contributed by atoms with Crippen LogP contribution in [0.15, 0.2) is 42.5 Å². The number of methoxy groups -OCH3 is 1. The maximum absolute atomic E-state index is 13.0. The van der Waals surface area contributed by atoms with Gasteiger partial charge in [0.25, 0.3) is 5.91 Å². The van der Waals surface area contributed by atoms with E-state index in [1.165, 1.54) is 0 Å². The number of carbonyl (C=O) groups is 1. The minimum atomic E-state index is -0.123.